The first-order chi connectivity index (χ1) is 7.10. The molecule has 0 radical (unpaired) electrons. The maximum atomic E-state index is 10.5. The van der Waals surface area contributed by atoms with Crippen molar-refractivity contribution in [3.05, 3.63) is 0 Å². The molecule has 12 heavy (non-hydrogen) atoms. The predicted octanol–water partition coefficient (Wildman–Crippen LogP) is -1.34. The third-order valence-electron chi connectivity index (χ3n) is 0.864. The van der Waals surface area contributed by atoms with Crippen molar-refractivity contribution in [1.29, 1.82) is 5.41 Å². The Morgan fingerprint density at radius 2 is 2.42 bits per heavy atom. The second kappa shape index (κ2) is 5.36. The van der Waals surface area contributed by atoms with E-state index in [1.165, 1.54) is 0 Å². The number of hydrogen-bond donors (Lipinski definition) is 5. The van der Waals surface area contributed by atoms with Gasteiger partial charge in [0, 0.05) is 12.0 Å². The average Bonchev–Trinajstić information content (AvgIpc) is 2.13. The first-order valence-corrected chi connectivity index (χ1v) is 3.04. The van der Waals surface area contributed by atoms with Crippen molar-refractivity contribution in [2.45, 2.75) is 18.8 Å². The van der Waals surface area contributed by atoms with E-state index in [0.29, 0.717) is 0 Å². The molecule has 70 valence electrons. The van der Waals surface area contributed by atoms with Gasteiger partial charge in [-0.05, 0) is 12.8 Å². The molecule has 0 unspecified atom stereocenters. The zero-order valence-electron chi connectivity index (χ0n) is 10.2. The summed E-state index contributed by atoms with van der Waals surface area (Å²) in [6.07, 6.45) is -4.40. The Morgan fingerprint density at radius 1 is 1.83 bits per heavy atom. The summed E-state index contributed by atoms with van der Waals surface area (Å²) in [6, 6.07) is -1.92. The molecule has 0 saturated heterocycles. The van der Waals surface area contributed by atoms with E-state index < -0.39 is 37.3 Å². The minimum absolute atomic E-state index is 0.600. The normalized spacial score (nSPS) is 23.4. The molecule has 0 aromatic carbocycles. The molecule has 0 aliphatic carbocycles. The zero-order valence-corrected chi connectivity index (χ0v) is 6.24. The van der Waals surface area contributed by atoms with Crippen LogP contribution in [0, 0.1) is 5.41 Å². The smallest absolute Gasteiger partial charge is 0.320 e. The molecule has 6 heteroatoms. The van der Waals surface area contributed by atoms with Crippen LogP contribution in [0.15, 0.2) is 0 Å². The van der Waals surface area contributed by atoms with Gasteiger partial charge >= 0.3 is 5.97 Å². The van der Waals surface area contributed by atoms with Crippen molar-refractivity contribution in [3.8, 4) is 0 Å². The van der Waals surface area contributed by atoms with Crippen molar-refractivity contribution in [2.24, 2.45) is 11.5 Å². The van der Waals surface area contributed by atoms with Gasteiger partial charge in [0.1, 0.15) is 6.04 Å². The first kappa shape index (κ1) is 5.36. The van der Waals surface area contributed by atoms with Crippen LogP contribution in [0.1, 0.15) is 18.3 Å². The lowest BCUT2D eigenvalue weighted by Gasteiger charge is -2.06. The van der Waals surface area contributed by atoms with Gasteiger partial charge in [-0.2, -0.15) is 0 Å². The molecule has 6 nitrogen and oxygen atoms in total. The topological polar surface area (TPSA) is 125 Å². The van der Waals surface area contributed by atoms with E-state index in [9.17, 15) is 4.79 Å². The summed E-state index contributed by atoms with van der Waals surface area (Å²) in [5, 5.41) is 17.3. The monoisotopic (exact) mass is 178 g/mol. The molecule has 7 N–H and O–H groups in total. The van der Waals surface area contributed by atoms with Gasteiger partial charge in [-0.1, -0.05) is 0 Å². The maximum absolute atomic E-state index is 10.5. The lowest BCUT2D eigenvalue weighted by atomic mass is 10.2. The summed E-state index contributed by atoms with van der Waals surface area (Å²) in [5.74, 6) is -2.20. The first-order valence-electron chi connectivity index (χ1n) is 5.19. The van der Waals surface area contributed by atoms with Gasteiger partial charge in [0.2, 0.25) is 0 Å². The Kier molecular flexibility index (Phi) is 2.40. The zero-order chi connectivity index (χ0) is 13.1. The highest BCUT2D eigenvalue weighted by atomic mass is 16.4. The van der Waals surface area contributed by atoms with Crippen molar-refractivity contribution in [1.82, 2.24) is 5.32 Å². The molecule has 0 heterocycles. The van der Waals surface area contributed by atoms with E-state index >= 15 is 0 Å². The molecule has 0 rings (SSSR count). The molecule has 0 aromatic rings. The van der Waals surface area contributed by atoms with Gasteiger partial charge in [-0.25, -0.2) is 0 Å². The molecule has 0 fully saturated rings. The molecule has 0 aliphatic rings. The third kappa shape index (κ3) is 5.48. The van der Waals surface area contributed by atoms with E-state index in [2.05, 4.69) is 0 Å². The standard InChI is InChI=1S/C6H14N4O2/c7-4(5(11)12)2-1-3-10-6(8)9/h4H,1-3,7H2,(H,11,12)(H4,8,9,10)/t4-/m0/s1/i1D,2D2,3D/t1-,3+,4-. The van der Waals surface area contributed by atoms with Crippen LogP contribution in [-0.4, -0.2) is 29.6 Å². The van der Waals surface area contributed by atoms with E-state index in [1.807, 2.05) is 5.32 Å². The van der Waals surface area contributed by atoms with E-state index in [-0.39, 0.29) is 0 Å². The second-order valence-electron chi connectivity index (χ2n) is 1.87. The van der Waals surface area contributed by atoms with Crippen LogP contribution >= 0.6 is 0 Å². The summed E-state index contributed by atoms with van der Waals surface area (Å²) < 4.78 is 29.4. The fourth-order valence-electron chi connectivity index (χ4n) is 0.355. The van der Waals surface area contributed by atoms with Gasteiger partial charge in [0.15, 0.2) is 5.96 Å². The molecular weight excluding hydrogens is 160 g/mol. The molecule has 0 aliphatic heterocycles. The number of hydrogen-bond acceptors (Lipinski definition) is 3. The van der Waals surface area contributed by atoms with Gasteiger partial charge in [0.25, 0.3) is 0 Å². The largest absolute Gasteiger partial charge is 0.480 e. The van der Waals surface area contributed by atoms with Crippen molar-refractivity contribution < 1.29 is 15.4 Å². The van der Waals surface area contributed by atoms with E-state index in [0.717, 1.165) is 0 Å². The fraction of sp³-hybridized carbons (Fsp3) is 0.667. The van der Waals surface area contributed by atoms with Crippen LogP contribution in [0.3, 0.4) is 0 Å². The van der Waals surface area contributed by atoms with Crippen molar-refractivity contribution in [3.63, 3.8) is 0 Å². The number of carboxylic acids is 1. The second-order valence-corrected chi connectivity index (χ2v) is 1.87. The molecule has 0 bridgehead atoms. The Balaban J connectivity index is 4.74. The molecule has 0 spiro atoms. The van der Waals surface area contributed by atoms with Crippen LogP contribution in [0.2, 0.25) is 0 Å². The number of carbonyl (C=O) groups is 1. The Morgan fingerprint density at radius 3 is 2.83 bits per heavy atom. The average molecular weight is 178 g/mol. The lowest BCUT2D eigenvalue weighted by Crippen LogP contribution is -2.34. The van der Waals surface area contributed by atoms with Gasteiger partial charge in [-0.3, -0.25) is 10.2 Å². The highest BCUT2D eigenvalue weighted by Gasteiger charge is 2.09. The van der Waals surface area contributed by atoms with Gasteiger partial charge < -0.3 is 21.9 Å². The molecule has 3 atom stereocenters. The summed E-state index contributed by atoms with van der Waals surface area (Å²) >= 11 is 0. The number of nitrogens with two attached hydrogens (primary N) is 2. The van der Waals surface area contributed by atoms with Crippen LogP contribution in [0.5, 0.6) is 0 Å². The Hall–Kier alpha value is -1.30. The lowest BCUT2D eigenvalue weighted by molar-refractivity contribution is -0.138. The Labute approximate surface area is 76.1 Å². The van der Waals surface area contributed by atoms with Crippen LogP contribution in [-0.2, 0) is 4.79 Å². The molecule has 0 aromatic heterocycles. The number of nitrogens with one attached hydrogen (secondary N) is 2. The minimum atomic E-state index is -2.61. The summed E-state index contributed by atoms with van der Waals surface area (Å²) in [6.45, 7) is -1.57. The van der Waals surface area contributed by atoms with Crippen LogP contribution in [0.4, 0.5) is 0 Å². The molecule has 0 saturated carbocycles. The van der Waals surface area contributed by atoms with Crippen molar-refractivity contribution >= 4 is 11.9 Å². The fourth-order valence-corrected chi connectivity index (χ4v) is 0.355. The summed E-state index contributed by atoms with van der Waals surface area (Å²) in [7, 11) is 0. The predicted molar refractivity (Wildman–Crippen MR) is 44.8 cm³/mol. The number of rotatable bonds is 5. The third-order valence-corrected chi connectivity index (χ3v) is 0.864. The van der Waals surface area contributed by atoms with E-state index in [4.69, 9.17) is 27.5 Å². The number of guanidine groups is 1. The van der Waals surface area contributed by atoms with Gasteiger partial charge in [-0.15, -0.1) is 0 Å². The van der Waals surface area contributed by atoms with E-state index in [1.54, 1.807) is 0 Å². The maximum Gasteiger partial charge on any atom is 0.320 e. The number of carboxylic acid groups (broad SMARTS) is 1. The summed E-state index contributed by atoms with van der Waals surface area (Å²) in [5.41, 5.74) is 9.98. The minimum Gasteiger partial charge on any atom is -0.480 e. The highest BCUT2D eigenvalue weighted by Crippen LogP contribution is 1.92. The molecular formula is C6H14N4O2. The summed E-state index contributed by atoms with van der Waals surface area (Å²) in [4.78, 5) is 10.5. The highest BCUT2D eigenvalue weighted by molar-refractivity contribution is 5.74. The van der Waals surface area contributed by atoms with Crippen LogP contribution in [0.25, 0.3) is 0 Å². The van der Waals surface area contributed by atoms with Crippen molar-refractivity contribution in [2.75, 3.05) is 6.52 Å². The Bertz CT molecular complexity index is 288. The number of aliphatic carboxylic acids is 1. The van der Waals surface area contributed by atoms with Crippen LogP contribution < -0.4 is 16.8 Å². The SMILES string of the molecule is [2H][C@H]([C@@H]([2H])NC(=N)N)C([2H])([2H])[C@H](N)C(=O)O. The molecule has 0 amide bonds. The van der Waals surface area contributed by atoms with Gasteiger partial charge in [0.05, 0.1) is 0 Å². The quantitative estimate of drug-likeness (QED) is 0.263.